The monoisotopic (exact) mass is 390 g/mol. The molecule has 7 heteroatoms. The highest BCUT2D eigenvalue weighted by molar-refractivity contribution is 7.90. The molecule has 0 saturated carbocycles. The maximum absolute atomic E-state index is 14.6. The summed E-state index contributed by atoms with van der Waals surface area (Å²) in [7, 11) is -1.35. The molecular weight excluding hydrogens is 367 g/mol. The zero-order chi connectivity index (χ0) is 19.8. The first kappa shape index (κ1) is 19.4. The Hall–Kier alpha value is -2.38. The summed E-state index contributed by atoms with van der Waals surface area (Å²) in [6.07, 6.45) is 3.11. The van der Waals surface area contributed by atoms with Crippen LogP contribution in [0.2, 0.25) is 0 Å². The average molecular weight is 390 g/mol. The van der Waals surface area contributed by atoms with Crippen LogP contribution >= 0.6 is 0 Å². The number of nitrogens with two attached hydrogens (primary N) is 1. The highest BCUT2D eigenvalue weighted by Crippen LogP contribution is 2.36. The zero-order valence-corrected chi connectivity index (χ0v) is 16.4. The van der Waals surface area contributed by atoms with Gasteiger partial charge < -0.3 is 15.0 Å². The summed E-state index contributed by atoms with van der Waals surface area (Å²) in [5.74, 6) is -0.186. The van der Waals surface area contributed by atoms with Gasteiger partial charge >= 0.3 is 0 Å². The lowest BCUT2D eigenvalue weighted by atomic mass is 10.00. The fourth-order valence-electron chi connectivity index (χ4n) is 3.09. The molecule has 0 amide bonds. The van der Waals surface area contributed by atoms with Crippen molar-refractivity contribution in [3.05, 3.63) is 59.5 Å². The minimum absolute atomic E-state index is 0.0619. The Labute approximate surface area is 158 Å². The Balaban J connectivity index is 1.96. The second-order valence-corrected chi connectivity index (χ2v) is 8.82. The van der Waals surface area contributed by atoms with Gasteiger partial charge in [0.05, 0.1) is 10.4 Å². The van der Waals surface area contributed by atoms with E-state index in [-0.39, 0.29) is 23.2 Å². The van der Waals surface area contributed by atoms with Crippen molar-refractivity contribution in [1.82, 2.24) is 4.57 Å². The average Bonchev–Trinajstić information content (AvgIpc) is 2.96. The summed E-state index contributed by atoms with van der Waals surface area (Å²) in [5.41, 5.74) is 8.38. The van der Waals surface area contributed by atoms with E-state index in [0.29, 0.717) is 6.54 Å². The fraction of sp³-hybridized carbons (Fsp3) is 0.300. The molecule has 27 heavy (non-hydrogen) atoms. The number of hydrogen-bond acceptors (Lipinski definition) is 4. The molecule has 5 nitrogen and oxygen atoms in total. The van der Waals surface area contributed by atoms with Crippen LogP contribution in [0, 0.1) is 5.82 Å². The first-order valence-corrected chi connectivity index (χ1v) is 10.5. The smallest absolute Gasteiger partial charge is 0.175 e. The molecule has 0 aliphatic heterocycles. The highest BCUT2D eigenvalue weighted by atomic mass is 32.2. The largest absolute Gasteiger partial charge is 0.485 e. The lowest BCUT2D eigenvalue weighted by Crippen LogP contribution is -2.09. The molecule has 1 atom stereocenters. The highest BCUT2D eigenvalue weighted by Gasteiger charge is 2.19. The van der Waals surface area contributed by atoms with Gasteiger partial charge in [0.15, 0.2) is 21.4 Å². The molecule has 1 aromatic heterocycles. The Bertz CT molecular complexity index is 1070. The molecule has 1 unspecified atom stereocenters. The molecule has 1 heterocycles. The van der Waals surface area contributed by atoms with Gasteiger partial charge in [-0.1, -0.05) is 19.1 Å². The van der Waals surface area contributed by atoms with Crippen molar-refractivity contribution in [2.24, 2.45) is 12.8 Å². The number of nitrogens with zero attached hydrogens (tertiary/aromatic N) is 1. The van der Waals surface area contributed by atoms with Crippen LogP contribution in [0.4, 0.5) is 4.39 Å². The molecule has 0 bridgehead atoms. The van der Waals surface area contributed by atoms with Gasteiger partial charge in [-0.05, 0) is 47.9 Å². The number of sulfone groups is 1. The molecule has 3 rings (SSSR count). The van der Waals surface area contributed by atoms with Crippen LogP contribution in [0.5, 0.6) is 5.75 Å². The summed E-state index contributed by atoms with van der Waals surface area (Å²) in [6, 6.07) is 9.50. The predicted molar refractivity (Wildman–Crippen MR) is 104 cm³/mol. The van der Waals surface area contributed by atoms with E-state index in [1.54, 1.807) is 18.2 Å². The van der Waals surface area contributed by atoms with Crippen LogP contribution in [-0.4, -0.2) is 25.8 Å². The normalized spacial score (nSPS) is 13.1. The van der Waals surface area contributed by atoms with Gasteiger partial charge in [0.25, 0.3) is 0 Å². The first-order chi connectivity index (χ1) is 12.7. The van der Waals surface area contributed by atoms with Crippen LogP contribution < -0.4 is 10.5 Å². The number of halogens is 1. The predicted octanol–water partition coefficient (Wildman–Crippen LogP) is 3.36. The minimum Gasteiger partial charge on any atom is -0.485 e. The van der Waals surface area contributed by atoms with Gasteiger partial charge in [0.1, 0.15) is 6.61 Å². The molecule has 144 valence electrons. The van der Waals surface area contributed by atoms with Crippen molar-refractivity contribution in [3.63, 3.8) is 0 Å². The van der Waals surface area contributed by atoms with E-state index in [4.69, 9.17) is 10.5 Å². The summed E-state index contributed by atoms with van der Waals surface area (Å²) in [4.78, 5) is 0.238. The zero-order valence-electron chi connectivity index (χ0n) is 15.6. The Morgan fingerprint density at radius 1 is 1.19 bits per heavy atom. The van der Waals surface area contributed by atoms with Crippen LogP contribution in [0.15, 0.2) is 47.5 Å². The molecule has 0 spiro atoms. The SMILES string of the molecule is CC(CN)c1cn(C)c2ccc(F)c(OCc3ccc(S(C)(=O)=O)cc3)c12. The van der Waals surface area contributed by atoms with Crippen LogP contribution in [-0.2, 0) is 23.5 Å². The third kappa shape index (κ3) is 3.84. The third-order valence-corrected chi connectivity index (χ3v) is 5.84. The molecule has 0 fully saturated rings. The number of benzene rings is 2. The van der Waals surface area contributed by atoms with Gasteiger partial charge in [0, 0.05) is 24.9 Å². The van der Waals surface area contributed by atoms with Gasteiger partial charge in [0.2, 0.25) is 0 Å². The van der Waals surface area contributed by atoms with Crippen LogP contribution in [0.3, 0.4) is 0 Å². The minimum atomic E-state index is -3.25. The summed E-state index contributed by atoms with van der Waals surface area (Å²) >= 11 is 0. The Morgan fingerprint density at radius 3 is 2.44 bits per heavy atom. The number of hydrogen-bond donors (Lipinski definition) is 1. The molecule has 3 aromatic rings. The van der Waals surface area contributed by atoms with Crippen LogP contribution in [0.25, 0.3) is 10.9 Å². The lowest BCUT2D eigenvalue weighted by molar-refractivity contribution is 0.294. The van der Waals surface area contributed by atoms with Crippen molar-refractivity contribution in [3.8, 4) is 5.75 Å². The maximum Gasteiger partial charge on any atom is 0.175 e. The first-order valence-electron chi connectivity index (χ1n) is 8.61. The maximum atomic E-state index is 14.6. The van der Waals surface area contributed by atoms with Crippen molar-refractivity contribution < 1.29 is 17.5 Å². The summed E-state index contributed by atoms with van der Waals surface area (Å²) in [6.45, 7) is 2.57. The molecular formula is C20H23FN2O3S. The topological polar surface area (TPSA) is 74.3 Å². The van der Waals surface area contributed by atoms with E-state index in [2.05, 4.69) is 0 Å². The lowest BCUT2D eigenvalue weighted by Gasteiger charge is -2.13. The summed E-state index contributed by atoms with van der Waals surface area (Å²) < 4.78 is 45.4. The Morgan fingerprint density at radius 2 is 1.85 bits per heavy atom. The number of aryl methyl sites for hydroxylation is 1. The summed E-state index contributed by atoms with van der Waals surface area (Å²) in [5, 5.41) is 0.725. The quantitative estimate of drug-likeness (QED) is 0.700. The molecule has 0 aliphatic carbocycles. The van der Waals surface area contributed by atoms with Gasteiger partial charge in [-0.15, -0.1) is 0 Å². The number of ether oxygens (including phenoxy) is 1. The van der Waals surface area contributed by atoms with Crippen LogP contribution in [0.1, 0.15) is 24.0 Å². The van der Waals surface area contributed by atoms with Crippen molar-refractivity contribution in [2.45, 2.75) is 24.3 Å². The van der Waals surface area contributed by atoms with Gasteiger partial charge in [-0.2, -0.15) is 0 Å². The van der Waals surface area contributed by atoms with Crippen molar-refractivity contribution >= 4 is 20.7 Å². The molecule has 2 N–H and O–H groups in total. The van der Waals surface area contributed by atoms with Crippen molar-refractivity contribution in [2.75, 3.05) is 12.8 Å². The molecule has 0 saturated heterocycles. The van der Waals surface area contributed by atoms with Gasteiger partial charge in [-0.3, -0.25) is 0 Å². The second-order valence-electron chi connectivity index (χ2n) is 6.81. The second kappa shape index (κ2) is 7.32. The standard InChI is InChI=1S/C20H23FN2O3S/c1-13(10-22)16-11-23(2)18-9-8-17(21)20(19(16)18)26-12-14-4-6-15(7-5-14)27(3,24)25/h4-9,11,13H,10,12,22H2,1-3H3. The van der Waals surface area contributed by atoms with E-state index in [0.717, 1.165) is 28.3 Å². The Kier molecular flexibility index (Phi) is 5.26. The number of fused-ring (bicyclic) bond motifs is 1. The van der Waals surface area contributed by atoms with E-state index < -0.39 is 15.7 Å². The van der Waals surface area contributed by atoms with Gasteiger partial charge in [-0.25, -0.2) is 12.8 Å². The molecule has 0 radical (unpaired) electrons. The number of rotatable bonds is 6. The van der Waals surface area contributed by atoms with E-state index in [9.17, 15) is 12.8 Å². The number of aromatic nitrogens is 1. The van der Waals surface area contributed by atoms with Crippen molar-refractivity contribution in [1.29, 1.82) is 0 Å². The fourth-order valence-corrected chi connectivity index (χ4v) is 3.72. The molecule has 2 aromatic carbocycles. The van der Waals surface area contributed by atoms with E-state index >= 15 is 0 Å². The molecule has 0 aliphatic rings. The van der Waals surface area contributed by atoms with E-state index in [1.165, 1.54) is 18.2 Å². The van der Waals surface area contributed by atoms with E-state index in [1.807, 2.05) is 24.7 Å². The third-order valence-electron chi connectivity index (χ3n) is 4.71.